The summed E-state index contributed by atoms with van der Waals surface area (Å²) < 4.78 is 1.26. The van der Waals surface area contributed by atoms with Crippen LogP contribution in [0.4, 0.5) is 5.69 Å². The maximum atomic E-state index is 9.43. The predicted octanol–water partition coefficient (Wildman–Crippen LogP) is 3.86. The molecule has 0 fully saturated rings. The molecule has 3 aromatic rings. The number of hydrogen-bond acceptors (Lipinski definition) is 3. The number of phenolic OH excluding ortho intramolecular Hbond substituents is 1. The van der Waals surface area contributed by atoms with E-state index in [-0.39, 0.29) is 5.75 Å². The van der Waals surface area contributed by atoms with Crippen LogP contribution < -0.4 is 5.73 Å². The van der Waals surface area contributed by atoms with Crippen molar-refractivity contribution in [2.75, 3.05) is 5.73 Å². The lowest BCUT2D eigenvalue weighted by Gasteiger charge is -2.03. The largest absolute Gasteiger partial charge is 0.506 e. The molecule has 3 rings (SSSR count). The lowest BCUT2D eigenvalue weighted by atomic mass is 10.0. The van der Waals surface area contributed by atoms with E-state index in [1.807, 2.05) is 24.3 Å². The number of nitrogen functional groups attached to an aromatic ring is 1. The summed E-state index contributed by atoms with van der Waals surface area (Å²) in [4.78, 5) is 0. The minimum atomic E-state index is 0.133. The Morgan fingerprint density at radius 3 is 2.71 bits per heavy atom. The smallest absolute Gasteiger partial charge is 0.138 e. The van der Waals surface area contributed by atoms with E-state index in [1.54, 1.807) is 17.4 Å². The first-order valence-electron chi connectivity index (χ1n) is 5.31. The molecule has 0 aliphatic carbocycles. The fourth-order valence-electron chi connectivity index (χ4n) is 1.92. The zero-order valence-corrected chi connectivity index (χ0v) is 9.87. The lowest BCUT2D eigenvalue weighted by molar-refractivity contribution is 0.478. The van der Waals surface area contributed by atoms with Gasteiger partial charge in [0, 0.05) is 15.6 Å². The fraction of sp³-hybridized carbons (Fsp3) is 0. The molecule has 2 aromatic carbocycles. The summed E-state index contributed by atoms with van der Waals surface area (Å²) in [5.41, 5.74) is 8.34. The fourth-order valence-corrected chi connectivity index (χ4v) is 2.89. The van der Waals surface area contributed by atoms with Crippen molar-refractivity contribution in [1.29, 1.82) is 0 Å². The van der Waals surface area contributed by atoms with Gasteiger partial charge in [-0.15, -0.1) is 11.3 Å². The van der Waals surface area contributed by atoms with Crippen LogP contribution in [0.5, 0.6) is 5.75 Å². The molecule has 0 saturated heterocycles. The van der Waals surface area contributed by atoms with Gasteiger partial charge in [-0.3, -0.25) is 0 Å². The van der Waals surface area contributed by atoms with E-state index in [0.29, 0.717) is 5.69 Å². The van der Waals surface area contributed by atoms with E-state index in [0.717, 1.165) is 11.1 Å². The first-order valence-corrected chi connectivity index (χ1v) is 6.19. The van der Waals surface area contributed by atoms with Crippen LogP contribution in [-0.2, 0) is 0 Å². The standard InChI is InChI=1S/C14H11NOS/c15-12-7-9(5-6-13(12)16)11-8-17-14-4-2-1-3-10(11)14/h1-8,16H,15H2. The van der Waals surface area contributed by atoms with Crippen molar-refractivity contribution in [3.8, 4) is 16.9 Å². The molecule has 1 aromatic heterocycles. The molecule has 17 heavy (non-hydrogen) atoms. The zero-order valence-electron chi connectivity index (χ0n) is 9.05. The van der Waals surface area contributed by atoms with Gasteiger partial charge in [0.1, 0.15) is 5.75 Å². The Morgan fingerprint density at radius 2 is 1.88 bits per heavy atom. The van der Waals surface area contributed by atoms with Crippen molar-refractivity contribution >= 4 is 27.1 Å². The monoisotopic (exact) mass is 241 g/mol. The van der Waals surface area contributed by atoms with Crippen LogP contribution in [0.1, 0.15) is 0 Å². The van der Waals surface area contributed by atoms with E-state index >= 15 is 0 Å². The van der Waals surface area contributed by atoms with Crippen molar-refractivity contribution in [2.24, 2.45) is 0 Å². The number of hydrogen-bond donors (Lipinski definition) is 2. The van der Waals surface area contributed by atoms with Gasteiger partial charge in [0.15, 0.2) is 0 Å². The molecule has 0 amide bonds. The van der Waals surface area contributed by atoms with Crippen molar-refractivity contribution in [1.82, 2.24) is 0 Å². The van der Waals surface area contributed by atoms with Crippen LogP contribution >= 0.6 is 11.3 Å². The van der Waals surface area contributed by atoms with E-state index in [4.69, 9.17) is 5.73 Å². The molecule has 0 atom stereocenters. The highest BCUT2D eigenvalue weighted by Crippen LogP contribution is 2.35. The number of nitrogens with two attached hydrogens (primary N) is 1. The van der Waals surface area contributed by atoms with Crippen molar-refractivity contribution < 1.29 is 5.11 Å². The molecule has 1 heterocycles. The first kappa shape index (κ1) is 10.2. The molecule has 0 spiro atoms. The van der Waals surface area contributed by atoms with Crippen LogP contribution in [0.15, 0.2) is 47.8 Å². The van der Waals surface area contributed by atoms with Crippen molar-refractivity contribution in [3.63, 3.8) is 0 Å². The minimum absolute atomic E-state index is 0.133. The van der Waals surface area contributed by atoms with E-state index < -0.39 is 0 Å². The quantitative estimate of drug-likeness (QED) is 0.502. The van der Waals surface area contributed by atoms with Gasteiger partial charge in [-0.05, 0) is 29.1 Å². The number of benzene rings is 2. The molecule has 0 aliphatic heterocycles. The van der Waals surface area contributed by atoms with Gasteiger partial charge in [-0.1, -0.05) is 24.3 Å². The third-order valence-electron chi connectivity index (χ3n) is 2.82. The highest BCUT2D eigenvalue weighted by molar-refractivity contribution is 7.17. The number of anilines is 1. The van der Waals surface area contributed by atoms with Crippen LogP contribution in [0.3, 0.4) is 0 Å². The van der Waals surface area contributed by atoms with Gasteiger partial charge in [0.05, 0.1) is 5.69 Å². The Bertz CT molecular complexity index is 688. The number of aromatic hydroxyl groups is 1. The predicted molar refractivity (Wildman–Crippen MR) is 73.3 cm³/mol. The van der Waals surface area contributed by atoms with Crippen LogP contribution in [0.25, 0.3) is 21.2 Å². The average molecular weight is 241 g/mol. The van der Waals surface area contributed by atoms with Crippen molar-refractivity contribution in [3.05, 3.63) is 47.8 Å². The molecule has 84 valence electrons. The highest BCUT2D eigenvalue weighted by Gasteiger charge is 2.07. The molecule has 3 N–H and O–H groups in total. The molecular formula is C14H11NOS. The van der Waals surface area contributed by atoms with Gasteiger partial charge in [-0.25, -0.2) is 0 Å². The summed E-state index contributed by atoms with van der Waals surface area (Å²) >= 11 is 1.72. The van der Waals surface area contributed by atoms with E-state index in [2.05, 4.69) is 17.5 Å². The van der Waals surface area contributed by atoms with Crippen LogP contribution in [0, 0.1) is 0 Å². The molecule has 0 bridgehead atoms. The topological polar surface area (TPSA) is 46.2 Å². The number of fused-ring (bicyclic) bond motifs is 1. The zero-order chi connectivity index (χ0) is 11.8. The number of phenols is 1. The van der Waals surface area contributed by atoms with Crippen LogP contribution in [-0.4, -0.2) is 5.11 Å². The third-order valence-corrected chi connectivity index (χ3v) is 3.78. The van der Waals surface area contributed by atoms with Gasteiger partial charge >= 0.3 is 0 Å². The SMILES string of the molecule is Nc1cc(-c2csc3ccccc23)ccc1O. The second kappa shape index (κ2) is 3.79. The summed E-state index contributed by atoms with van der Waals surface area (Å²) in [5.74, 6) is 0.133. The Morgan fingerprint density at radius 1 is 1.06 bits per heavy atom. The van der Waals surface area contributed by atoms with E-state index in [1.165, 1.54) is 10.1 Å². The molecular weight excluding hydrogens is 230 g/mol. The van der Waals surface area contributed by atoms with Gasteiger partial charge in [0.25, 0.3) is 0 Å². The molecule has 2 nitrogen and oxygen atoms in total. The summed E-state index contributed by atoms with van der Waals surface area (Å²) in [7, 11) is 0. The maximum Gasteiger partial charge on any atom is 0.138 e. The maximum absolute atomic E-state index is 9.43. The molecule has 0 aliphatic rings. The Hall–Kier alpha value is -2.00. The molecule has 0 radical (unpaired) electrons. The average Bonchev–Trinajstić information content (AvgIpc) is 2.76. The first-order chi connectivity index (χ1) is 8.25. The highest BCUT2D eigenvalue weighted by atomic mass is 32.1. The van der Waals surface area contributed by atoms with Gasteiger partial charge in [-0.2, -0.15) is 0 Å². The Balaban J connectivity index is 2.24. The summed E-state index contributed by atoms with van der Waals surface area (Å²) in [5, 5.41) is 12.8. The van der Waals surface area contributed by atoms with Gasteiger partial charge in [0.2, 0.25) is 0 Å². The number of rotatable bonds is 1. The summed E-state index contributed by atoms with van der Waals surface area (Å²) in [6.45, 7) is 0. The van der Waals surface area contributed by atoms with Crippen molar-refractivity contribution in [2.45, 2.75) is 0 Å². The normalized spacial score (nSPS) is 10.8. The van der Waals surface area contributed by atoms with Gasteiger partial charge < -0.3 is 10.8 Å². The molecule has 0 saturated carbocycles. The number of thiophene rings is 1. The molecule has 3 heteroatoms. The minimum Gasteiger partial charge on any atom is -0.506 e. The second-order valence-corrected chi connectivity index (χ2v) is 4.83. The van der Waals surface area contributed by atoms with Crippen LogP contribution in [0.2, 0.25) is 0 Å². The van der Waals surface area contributed by atoms with E-state index in [9.17, 15) is 5.11 Å². The Kier molecular flexibility index (Phi) is 2.27. The summed E-state index contributed by atoms with van der Waals surface area (Å²) in [6.07, 6.45) is 0. The second-order valence-electron chi connectivity index (χ2n) is 3.92. The Labute approximate surface area is 103 Å². The lowest BCUT2D eigenvalue weighted by Crippen LogP contribution is -1.86. The third kappa shape index (κ3) is 1.65. The molecule has 0 unspecified atom stereocenters. The summed E-state index contributed by atoms with van der Waals surface area (Å²) in [6, 6.07) is 13.6.